The van der Waals surface area contributed by atoms with Crippen LogP contribution in [0.15, 0.2) is 132 Å². The van der Waals surface area contributed by atoms with Gasteiger partial charge in [0.2, 0.25) is 0 Å². The van der Waals surface area contributed by atoms with Crippen LogP contribution in [-0.2, 0) is 26.4 Å². The van der Waals surface area contributed by atoms with Crippen LogP contribution >= 0.6 is 17.0 Å². The van der Waals surface area contributed by atoms with E-state index in [1.54, 1.807) is 0 Å². The van der Waals surface area contributed by atoms with E-state index >= 15 is 0 Å². The average Bonchev–Trinajstić information content (AvgIpc) is 3.76. The topological polar surface area (TPSA) is 0 Å². The molecule has 0 saturated carbocycles. The molecular weight excluding hydrogens is 839 g/mol. The van der Waals surface area contributed by atoms with Gasteiger partial charge in [-0.2, -0.15) is 0 Å². The van der Waals surface area contributed by atoms with Crippen molar-refractivity contribution in [1.29, 1.82) is 0 Å². The Balaban J connectivity index is 1.36. The summed E-state index contributed by atoms with van der Waals surface area (Å²) in [4.78, 5) is 0. The average molecular weight is 898 g/mol. The third-order valence-corrected chi connectivity index (χ3v) is 65.5. The first kappa shape index (κ1) is 41.5. The molecule has 2 atom stereocenters. The van der Waals surface area contributed by atoms with Crippen LogP contribution in [0.5, 0.6) is 0 Å². The van der Waals surface area contributed by atoms with Crippen LogP contribution in [0.25, 0.3) is 56.3 Å². The Morgan fingerprint density at radius 2 is 1.10 bits per heavy atom. The summed E-state index contributed by atoms with van der Waals surface area (Å²) >= 11 is -5.05. The summed E-state index contributed by atoms with van der Waals surface area (Å²) in [6.07, 6.45) is 4.95. The Bertz CT molecular complexity index is 2620. The molecule has 2 aliphatic rings. The maximum atomic E-state index is 8.92. The van der Waals surface area contributed by atoms with E-state index in [-0.39, 0.29) is 18.1 Å². The summed E-state index contributed by atoms with van der Waals surface area (Å²) in [5.41, 5.74) is 18.3. The van der Waals surface area contributed by atoms with Crippen LogP contribution in [-0.4, -0.2) is 5.92 Å². The van der Waals surface area contributed by atoms with Gasteiger partial charge in [-0.15, -0.1) is 0 Å². The van der Waals surface area contributed by atoms with Crippen LogP contribution in [0.3, 0.4) is 0 Å². The van der Waals surface area contributed by atoms with Crippen molar-refractivity contribution in [3.63, 3.8) is 0 Å². The van der Waals surface area contributed by atoms with Crippen molar-refractivity contribution in [3.05, 3.63) is 166 Å². The third-order valence-electron chi connectivity index (χ3n) is 13.5. The predicted octanol–water partition coefficient (Wildman–Crippen LogP) is 16.7. The second-order valence-electron chi connectivity index (χ2n) is 20.0. The first-order chi connectivity index (χ1) is 27.3. The number of fused-ring (bicyclic) bond motifs is 3. The Morgan fingerprint density at radius 1 is 0.552 bits per heavy atom. The number of rotatable bonds is 7. The van der Waals surface area contributed by atoms with Crippen molar-refractivity contribution in [1.82, 2.24) is 0 Å². The van der Waals surface area contributed by atoms with Gasteiger partial charge >= 0.3 is 360 Å². The molecule has 0 bridgehead atoms. The van der Waals surface area contributed by atoms with Gasteiger partial charge in [-0.05, 0) is 0 Å². The van der Waals surface area contributed by atoms with E-state index in [4.69, 9.17) is 17.0 Å². The number of benzene rings is 6. The van der Waals surface area contributed by atoms with Gasteiger partial charge in [0, 0.05) is 0 Å². The number of allylic oxidation sites excluding steroid dienone is 2. The van der Waals surface area contributed by atoms with Crippen molar-refractivity contribution < 1.29 is 15.6 Å². The van der Waals surface area contributed by atoms with Crippen molar-refractivity contribution in [2.75, 3.05) is 0 Å². The Labute approximate surface area is 357 Å². The molecule has 0 aromatic heterocycles. The van der Waals surface area contributed by atoms with Gasteiger partial charge in [0.25, 0.3) is 0 Å². The molecule has 0 aliphatic heterocycles. The van der Waals surface area contributed by atoms with Crippen LogP contribution in [0, 0.1) is 5.92 Å². The zero-order valence-electron chi connectivity index (χ0n) is 36.3. The maximum absolute atomic E-state index is 8.92. The molecule has 2 aliphatic carbocycles. The molecule has 0 nitrogen and oxygen atoms in total. The van der Waals surface area contributed by atoms with E-state index < -0.39 is 21.5 Å². The van der Waals surface area contributed by atoms with Crippen molar-refractivity contribution in [2.45, 2.75) is 93.5 Å². The molecule has 2 unspecified atom stereocenters. The first-order valence-corrected chi connectivity index (χ1v) is 37.6. The first-order valence-electron chi connectivity index (χ1n) is 21.3. The summed E-state index contributed by atoms with van der Waals surface area (Å²) in [5, 5.41) is 2.53. The third kappa shape index (κ3) is 6.83. The standard InChI is InChI=1S/C30H33.C22H19.C2H7Si.2ClH.Zr/c1-20-16-24-18-23(21-8-12-25(13-9-21)29(2,3)4)19-28(27(24)17-20)22-10-14-26(15-11-22)30(5,6)7;1-15(2)18-13-17-9-6-12-21(22(17)14-18)20-11-5-8-16-7-3-4-10-19(16)20;1-3-2;;;/h8-19H,1-7H3;3-15H,1-2H3;3H,1-2H3;2*1H;/q;;;;;+2/p-2. The molecule has 8 rings (SSSR count). The monoisotopic (exact) mass is 895 g/mol. The molecule has 0 N–H and O–H groups in total. The summed E-state index contributed by atoms with van der Waals surface area (Å²) in [6, 6.07) is 45.8. The number of halogens is 2. The summed E-state index contributed by atoms with van der Waals surface area (Å²) in [5.74, 6) is -1.46. The quantitative estimate of drug-likeness (QED) is 0.140. The fourth-order valence-corrected chi connectivity index (χ4v) is 42.3. The molecule has 4 heteroatoms. The van der Waals surface area contributed by atoms with Crippen LogP contribution in [0.2, 0.25) is 13.1 Å². The molecule has 0 radical (unpaired) electrons. The van der Waals surface area contributed by atoms with Crippen LogP contribution in [0.1, 0.15) is 103 Å². The molecular formula is C54H59Cl2SiZr. The van der Waals surface area contributed by atoms with Crippen LogP contribution in [0.4, 0.5) is 0 Å². The van der Waals surface area contributed by atoms with Gasteiger partial charge in [-0.25, -0.2) is 0 Å². The second-order valence-corrected chi connectivity index (χ2v) is 62.5. The van der Waals surface area contributed by atoms with E-state index in [2.05, 4.69) is 209 Å². The Morgan fingerprint density at radius 3 is 1.71 bits per heavy atom. The zero-order chi connectivity index (χ0) is 41.6. The Kier molecular flexibility index (Phi) is 10.5. The van der Waals surface area contributed by atoms with E-state index in [1.165, 1.54) is 88.7 Å². The van der Waals surface area contributed by atoms with E-state index in [0.717, 1.165) is 0 Å². The molecule has 6 aromatic rings. The molecule has 6 aromatic carbocycles. The van der Waals surface area contributed by atoms with Gasteiger partial charge in [0.15, 0.2) is 0 Å². The minimum absolute atomic E-state index is 0.00727. The predicted molar refractivity (Wildman–Crippen MR) is 257 cm³/mol. The van der Waals surface area contributed by atoms with Gasteiger partial charge < -0.3 is 0 Å². The number of hydrogen-bond acceptors (Lipinski definition) is 0. The van der Waals surface area contributed by atoms with Crippen molar-refractivity contribution in [2.24, 2.45) is 5.92 Å². The van der Waals surface area contributed by atoms with Crippen molar-refractivity contribution >= 4 is 45.9 Å². The normalized spacial score (nSPS) is 17.6. The molecule has 0 amide bonds. The molecule has 0 fully saturated rings. The van der Waals surface area contributed by atoms with Gasteiger partial charge in [0.1, 0.15) is 0 Å². The van der Waals surface area contributed by atoms with E-state index in [1.807, 2.05) is 0 Å². The molecule has 0 heterocycles. The van der Waals surface area contributed by atoms with Gasteiger partial charge in [0.05, 0.1) is 0 Å². The zero-order valence-corrected chi connectivity index (χ0v) is 41.4. The van der Waals surface area contributed by atoms with E-state index in [9.17, 15) is 0 Å². The van der Waals surface area contributed by atoms with Crippen LogP contribution < -0.4 is 0 Å². The summed E-state index contributed by atoms with van der Waals surface area (Å²) in [6.45, 7) is 25.6. The minimum atomic E-state index is -5.05. The molecule has 297 valence electrons. The molecule has 0 spiro atoms. The SMILES string of the molecule is CC1=Cc2c(-c3ccc(C(C)(C)C)cc3)cc(-c3ccc(C(C)(C)C)cc3)cc2[CH]1[Zr]([Cl])([Cl])([CH]1C(C(C)C)=Cc2c(-c3cccc4ccccc34)cccc21)[SiH](C)C. The Hall–Kier alpha value is -3.26. The fourth-order valence-electron chi connectivity index (χ4n) is 10.2. The summed E-state index contributed by atoms with van der Waals surface area (Å²) in [7, 11) is 17.8. The van der Waals surface area contributed by atoms with Gasteiger partial charge in [-0.3, -0.25) is 0 Å². The molecule has 0 saturated heterocycles. The fraction of sp³-hybridized carbons (Fsp3) is 0.296. The summed E-state index contributed by atoms with van der Waals surface area (Å²) < 4.78 is 0.0112. The number of hydrogen-bond donors (Lipinski definition) is 0. The van der Waals surface area contributed by atoms with Gasteiger partial charge in [-0.1, -0.05) is 0 Å². The second kappa shape index (κ2) is 14.7. The molecule has 58 heavy (non-hydrogen) atoms. The van der Waals surface area contributed by atoms with E-state index in [0.29, 0.717) is 5.92 Å². The van der Waals surface area contributed by atoms with Crippen molar-refractivity contribution in [3.8, 4) is 33.4 Å².